The molecule has 1 aromatic heterocycles. The molecule has 0 unspecified atom stereocenters. The SMILES string of the molecule is CCCOc1ccc(OCCn2c(=O)c(C#N)c3n(c2=O)CCC3)cc1. The van der Waals surface area contributed by atoms with Crippen molar-refractivity contribution in [1.82, 2.24) is 9.13 Å². The van der Waals surface area contributed by atoms with Crippen molar-refractivity contribution < 1.29 is 9.47 Å². The second-order valence-corrected chi connectivity index (χ2v) is 6.10. The molecule has 0 bridgehead atoms. The van der Waals surface area contributed by atoms with E-state index in [0.29, 0.717) is 31.0 Å². The number of ether oxygens (including phenoxy) is 2. The fourth-order valence-electron chi connectivity index (χ4n) is 3.05. The first-order valence-electron chi connectivity index (χ1n) is 8.78. The monoisotopic (exact) mass is 355 g/mol. The molecule has 7 nitrogen and oxygen atoms in total. The number of hydrogen-bond donors (Lipinski definition) is 0. The summed E-state index contributed by atoms with van der Waals surface area (Å²) in [6.45, 7) is 3.50. The lowest BCUT2D eigenvalue weighted by Gasteiger charge is -2.12. The van der Waals surface area contributed by atoms with Crippen LogP contribution < -0.4 is 20.7 Å². The Morgan fingerprint density at radius 1 is 1.12 bits per heavy atom. The van der Waals surface area contributed by atoms with E-state index in [1.165, 1.54) is 4.57 Å². The normalized spacial score (nSPS) is 12.5. The van der Waals surface area contributed by atoms with Gasteiger partial charge in [0.15, 0.2) is 0 Å². The van der Waals surface area contributed by atoms with Gasteiger partial charge in [-0.05, 0) is 43.5 Å². The topological polar surface area (TPSA) is 86.2 Å². The average Bonchev–Trinajstić information content (AvgIpc) is 3.14. The Labute approximate surface area is 151 Å². The lowest BCUT2D eigenvalue weighted by molar-refractivity contribution is 0.289. The highest BCUT2D eigenvalue weighted by molar-refractivity contribution is 5.33. The fourth-order valence-corrected chi connectivity index (χ4v) is 3.05. The minimum Gasteiger partial charge on any atom is -0.494 e. The van der Waals surface area contributed by atoms with Crippen molar-refractivity contribution in [3.8, 4) is 17.6 Å². The summed E-state index contributed by atoms with van der Waals surface area (Å²) in [5, 5.41) is 9.27. The van der Waals surface area contributed by atoms with Crippen molar-refractivity contribution in [1.29, 1.82) is 5.26 Å². The van der Waals surface area contributed by atoms with Crippen LogP contribution >= 0.6 is 0 Å². The number of benzene rings is 1. The summed E-state index contributed by atoms with van der Waals surface area (Å²) in [7, 11) is 0. The van der Waals surface area contributed by atoms with Crippen molar-refractivity contribution in [2.45, 2.75) is 39.3 Å². The molecule has 26 heavy (non-hydrogen) atoms. The predicted molar refractivity (Wildman–Crippen MR) is 95.7 cm³/mol. The van der Waals surface area contributed by atoms with Gasteiger partial charge >= 0.3 is 5.69 Å². The van der Waals surface area contributed by atoms with Crippen molar-refractivity contribution in [3.05, 3.63) is 56.4 Å². The van der Waals surface area contributed by atoms with Crippen molar-refractivity contribution in [2.75, 3.05) is 13.2 Å². The highest BCUT2D eigenvalue weighted by Crippen LogP contribution is 2.18. The molecule has 0 amide bonds. The molecule has 1 aromatic carbocycles. The molecule has 2 heterocycles. The average molecular weight is 355 g/mol. The first-order chi connectivity index (χ1) is 12.7. The van der Waals surface area contributed by atoms with Gasteiger partial charge in [0.1, 0.15) is 29.7 Å². The van der Waals surface area contributed by atoms with E-state index in [1.54, 1.807) is 12.1 Å². The van der Waals surface area contributed by atoms with Crippen molar-refractivity contribution >= 4 is 0 Å². The zero-order valence-corrected chi connectivity index (χ0v) is 14.7. The van der Waals surface area contributed by atoms with Crippen LogP contribution in [0.1, 0.15) is 31.0 Å². The van der Waals surface area contributed by atoms with Crippen LogP contribution in [-0.2, 0) is 19.5 Å². The molecule has 136 valence electrons. The van der Waals surface area contributed by atoms with Gasteiger partial charge in [0.25, 0.3) is 5.56 Å². The lowest BCUT2D eigenvalue weighted by Crippen LogP contribution is -2.42. The van der Waals surface area contributed by atoms with E-state index < -0.39 is 5.56 Å². The molecule has 0 aliphatic carbocycles. The van der Waals surface area contributed by atoms with Gasteiger partial charge in [0.2, 0.25) is 0 Å². The van der Waals surface area contributed by atoms with E-state index in [0.717, 1.165) is 23.2 Å². The molecular formula is C19H21N3O4. The first kappa shape index (κ1) is 17.8. The minimum atomic E-state index is -0.530. The number of fused-ring (bicyclic) bond motifs is 1. The number of aromatic nitrogens is 2. The van der Waals surface area contributed by atoms with E-state index in [4.69, 9.17) is 9.47 Å². The maximum absolute atomic E-state index is 12.5. The Balaban J connectivity index is 1.70. The van der Waals surface area contributed by atoms with Crippen LogP contribution in [0.2, 0.25) is 0 Å². The van der Waals surface area contributed by atoms with E-state index in [2.05, 4.69) is 0 Å². The van der Waals surface area contributed by atoms with Crippen LogP contribution in [0.15, 0.2) is 33.9 Å². The van der Waals surface area contributed by atoms with Gasteiger partial charge in [-0.3, -0.25) is 13.9 Å². The Hall–Kier alpha value is -3.01. The van der Waals surface area contributed by atoms with Crippen LogP contribution in [0, 0.1) is 11.3 Å². The predicted octanol–water partition coefficient (Wildman–Crippen LogP) is 1.70. The third-order valence-corrected chi connectivity index (χ3v) is 4.32. The second-order valence-electron chi connectivity index (χ2n) is 6.10. The highest BCUT2D eigenvalue weighted by Gasteiger charge is 2.22. The molecule has 0 fully saturated rings. The molecule has 0 saturated carbocycles. The minimum absolute atomic E-state index is 0.0690. The highest BCUT2D eigenvalue weighted by atomic mass is 16.5. The summed E-state index contributed by atoms with van der Waals surface area (Å²) in [6.07, 6.45) is 2.31. The summed E-state index contributed by atoms with van der Waals surface area (Å²) in [6, 6.07) is 9.14. The molecule has 1 aliphatic rings. The van der Waals surface area contributed by atoms with Gasteiger partial charge < -0.3 is 9.47 Å². The smallest absolute Gasteiger partial charge is 0.331 e. The maximum Gasteiger partial charge on any atom is 0.331 e. The maximum atomic E-state index is 12.5. The van der Waals surface area contributed by atoms with E-state index in [9.17, 15) is 14.9 Å². The lowest BCUT2D eigenvalue weighted by atomic mass is 10.2. The second kappa shape index (κ2) is 7.91. The van der Waals surface area contributed by atoms with Gasteiger partial charge in [-0.1, -0.05) is 6.92 Å². The zero-order chi connectivity index (χ0) is 18.5. The standard InChI is InChI=1S/C19H21N3O4/c1-2-11-25-14-5-7-15(8-6-14)26-12-10-22-18(23)16(13-20)17-4-3-9-21(17)19(22)24/h5-8H,2-4,9-12H2,1H3. The van der Waals surface area contributed by atoms with E-state index in [1.807, 2.05) is 25.1 Å². The number of rotatable bonds is 7. The van der Waals surface area contributed by atoms with Crippen LogP contribution in [0.25, 0.3) is 0 Å². The molecule has 0 N–H and O–H groups in total. The van der Waals surface area contributed by atoms with Crippen LogP contribution in [0.5, 0.6) is 11.5 Å². The van der Waals surface area contributed by atoms with Crippen LogP contribution in [0.4, 0.5) is 0 Å². The molecule has 0 spiro atoms. The molecular weight excluding hydrogens is 334 g/mol. The Morgan fingerprint density at radius 3 is 2.38 bits per heavy atom. The molecule has 2 aromatic rings. The molecule has 0 saturated heterocycles. The van der Waals surface area contributed by atoms with Crippen molar-refractivity contribution in [2.24, 2.45) is 0 Å². The molecule has 1 aliphatic heterocycles. The number of nitrogens with zero attached hydrogens (tertiary/aromatic N) is 3. The van der Waals surface area contributed by atoms with E-state index in [-0.39, 0.29) is 24.4 Å². The number of hydrogen-bond acceptors (Lipinski definition) is 5. The van der Waals surface area contributed by atoms with Crippen LogP contribution in [-0.4, -0.2) is 22.3 Å². The summed E-state index contributed by atoms with van der Waals surface area (Å²) in [5.74, 6) is 1.40. The quantitative estimate of drug-likeness (QED) is 0.754. The van der Waals surface area contributed by atoms with Gasteiger partial charge in [-0.2, -0.15) is 5.26 Å². The Kier molecular flexibility index (Phi) is 5.42. The third-order valence-electron chi connectivity index (χ3n) is 4.32. The zero-order valence-electron chi connectivity index (χ0n) is 14.7. The third kappa shape index (κ3) is 3.49. The van der Waals surface area contributed by atoms with Crippen molar-refractivity contribution in [3.63, 3.8) is 0 Å². The molecule has 7 heteroatoms. The van der Waals surface area contributed by atoms with Gasteiger partial charge in [0.05, 0.1) is 13.2 Å². The van der Waals surface area contributed by atoms with Gasteiger partial charge in [-0.15, -0.1) is 0 Å². The fraction of sp³-hybridized carbons (Fsp3) is 0.421. The van der Waals surface area contributed by atoms with Crippen LogP contribution in [0.3, 0.4) is 0 Å². The van der Waals surface area contributed by atoms with Gasteiger partial charge in [0, 0.05) is 12.2 Å². The van der Waals surface area contributed by atoms with E-state index >= 15 is 0 Å². The molecule has 3 rings (SSSR count). The summed E-state index contributed by atoms with van der Waals surface area (Å²) < 4.78 is 13.8. The number of nitriles is 1. The summed E-state index contributed by atoms with van der Waals surface area (Å²) >= 11 is 0. The molecule has 0 atom stereocenters. The summed E-state index contributed by atoms with van der Waals surface area (Å²) in [5.41, 5.74) is -0.271. The van der Waals surface area contributed by atoms with Gasteiger partial charge in [-0.25, -0.2) is 4.79 Å². The molecule has 0 radical (unpaired) electrons. The summed E-state index contributed by atoms with van der Waals surface area (Å²) in [4.78, 5) is 24.9. The Bertz CT molecular complexity index is 935. The first-order valence-corrected chi connectivity index (χ1v) is 8.78. The Morgan fingerprint density at radius 2 is 1.77 bits per heavy atom. The largest absolute Gasteiger partial charge is 0.494 e.